The number of benzene rings is 1. The molecule has 0 amide bonds. The Balaban J connectivity index is 1.39. The van der Waals surface area contributed by atoms with Gasteiger partial charge < -0.3 is 5.11 Å². The number of hydrogen-bond acceptors (Lipinski definition) is 3. The molecular weight excluding hydrogens is 416 g/mol. The van der Waals surface area contributed by atoms with E-state index in [4.69, 9.17) is 0 Å². The number of allylic oxidation sites excluding steroid dienone is 3. The van der Waals surface area contributed by atoms with Crippen molar-refractivity contribution in [2.75, 3.05) is 5.75 Å². The average molecular weight is 455 g/mol. The quantitative estimate of drug-likeness (QED) is 0.611. The lowest BCUT2D eigenvalue weighted by Gasteiger charge is -2.55. The zero-order valence-corrected chi connectivity index (χ0v) is 20.6. The fourth-order valence-electron chi connectivity index (χ4n) is 8.14. The topological polar surface area (TPSA) is 54.4 Å². The highest BCUT2D eigenvalue weighted by Crippen LogP contribution is 2.65. The minimum Gasteiger partial charge on any atom is -0.393 e. The molecule has 4 aliphatic carbocycles. The number of sulfone groups is 1. The summed E-state index contributed by atoms with van der Waals surface area (Å²) in [6, 6.07) is 8.95. The first kappa shape index (κ1) is 22.4. The Hall–Kier alpha value is -1.39. The molecule has 4 heteroatoms. The van der Waals surface area contributed by atoms with Gasteiger partial charge in [-0.1, -0.05) is 62.3 Å². The van der Waals surface area contributed by atoms with Crippen molar-refractivity contribution in [2.45, 2.75) is 76.7 Å². The van der Waals surface area contributed by atoms with Crippen molar-refractivity contribution in [3.05, 3.63) is 53.6 Å². The van der Waals surface area contributed by atoms with Crippen LogP contribution in [0.5, 0.6) is 0 Å². The van der Waals surface area contributed by atoms with E-state index in [2.05, 4.69) is 32.9 Å². The highest BCUT2D eigenvalue weighted by Gasteiger charge is 2.57. The summed E-state index contributed by atoms with van der Waals surface area (Å²) in [5.41, 5.74) is 3.46. The molecule has 3 nitrogen and oxygen atoms in total. The van der Waals surface area contributed by atoms with Crippen molar-refractivity contribution < 1.29 is 13.5 Å². The Morgan fingerprint density at radius 1 is 1.00 bits per heavy atom. The summed E-state index contributed by atoms with van der Waals surface area (Å²) < 4.78 is 26.2. The van der Waals surface area contributed by atoms with Gasteiger partial charge in [0.1, 0.15) is 0 Å². The number of aliphatic hydroxyl groups excluding tert-OH is 1. The third-order valence-corrected chi connectivity index (χ3v) is 11.8. The molecule has 0 spiro atoms. The van der Waals surface area contributed by atoms with Crippen LogP contribution >= 0.6 is 0 Å². The average Bonchev–Trinajstić information content (AvgIpc) is 3.12. The van der Waals surface area contributed by atoms with Gasteiger partial charge in [-0.3, -0.25) is 0 Å². The molecule has 32 heavy (non-hydrogen) atoms. The maximum atomic E-state index is 13.1. The zero-order valence-electron chi connectivity index (χ0n) is 19.8. The van der Waals surface area contributed by atoms with Crippen LogP contribution in [0, 0.1) is 34.5 Å². The Kier molecular flexibility index (Phi) is 5.49. The highest BCUT2D eigenvalue weighted by atomic mass is 32.2. The lowest BCUT2D eigenvalue weighted by molar-refractivity contribution is 0.0360. The van der Waals surface area contributed by atoms with Crippen LogP contribution in [0.3, 0.4) is 0 Å². The number of fused-ring (bicyclic) bond motifs is 5. The molecule has 3 fully saturated rings. The molecule has 0 saturated heterocycles. The SMILES string of the molecule is C[C@H](CS(=O)(=O)c1ccccc1)[C@@H]1CC[C@@H]2C3=CC=C4C[C@@H](O)CC[C@@]4(C)[C@H]3CC[C@]21C. The Morgan fingerprint density at radius 2 is 1.75 bits per heavy atom. The van der Waals surface area contributed by atoms with E-state index in [9.17, 15) is 13.5 Å². The molecule has 0 radical (unpaired) electrons. The minimum atomic E-state index is -3.26. The van der Waals surface area contributed by atoms with Gasteiger partial charge in [0.2, 0.25) is 0 Å². The molecule has 0 bridgehead atoms. The third kappa shape index (κ3) is 3.44. The molecule has 1 aromatic carbocycles. The van der Waals surface area contributed by atoms with E-state index < -0.39 is 9.84 Å². The lowest BCUT2D eigenvalue weighted by atomic mass is 9.50. The predicted molar refractivity (Wildman–Crippen MR) is 129 cm³/mol. The van der Waals surface area contributed by atoms with Gasteiger partial charge in [-0.05, 0) is 91.6 Å². The standard InChI is InChI=1S/C28H38O3S/c1-19(18-32(30,31)22-7-5-4-6-8-22)24-11-12-25-23-10-9-20-17-21(29)13-15-27(20,2)26(23)14-16-28(24,25)3/h4-10,19,21,24-26,29H,11-18H2,1-3H3/t19-,21+,24+,25-,26+,27-,28+/m1/s1. The van der Waals surface area contributed by atoms with Gasteiger partial charge in [-0.25, -0.2) is 8.42 Å². The molecule has 0 aromatic heterocycles. The Morgan fingerprint density at radius 3 is 2.50 bits per heavy atom. The molecule has 0 aliphatic heterocycles. The van der Waals surface area contributed by atoms with E-state index in [0.717, 1.165) is 25.7 Å². The lowest BCUT2D eigenvalue weighted by Crippen LogP contribution is -2.46. The van der Waals surface area contributed by atoms with Gasteiger partial charge >= 0.3 is 0 Å². The second-order valence-corrected chi connectivity index (χ2v) is 13.6. The first-order valence-electron chi connectivity index (χ1n) is 12.5. The first-order chi connectivity index (χ1) is 15.1. The number of hydrogen-bond donors (Lipinski definition) is 1. The van der Waals surface area contributed by atoms with Gasteiger partial charge in [0, 0.05) is 0 Å². The van der Waals surface area contributed by atoms with E-state index in [1.54, 1.807) is 17.7 Å². The van der Waals surface area contributed by atoms with Gasteiger partial charge in [0.25, 0.3) is 0 Å². The van der Waals surface area contributed by atoms with Crippen molar-refractivity contribution in [2.24, 2.45) is 34.5 Å². The van der Waals surface area contributed by atoms with Crippen LogP contribution < -0.4 is 0 Å². The van der Waals surface area contributed by atoms with Gasteiger partial charge in [-0.2, -0.15) is 0 Å². The summed E-state index contributed by atoms with van der Waals surface area (Å²) in [5, 5.41) is 10.2. The largest absolute Gasteiger partial charge is 0.393 e. The second-order valence-electron chi connectivity index (χ2n) is 11.6. The van der Waals surface area contributed by atoms with Crippen LogP contribution in [0.15, 0.2) is 58.5 Å². The van der Waals surface area contributed by atoms with E-state index in [-0.39, 0.29) is 28.6 Å². The molecule has 3 saturated carbocycles. The van der Waals surface area contributed by atoms with Gasteiger partial charge in [0.15, 0.2) is 9.84 Å². The monoisotopic (exact) mass is 454 g/mol. The van der Waals surface area contributed by atoms with Crippen LogP contribution in [-0.4, -0.2) is 25.4 Å². The van der Waals surface area contributed by atoms with Gasteiger partial charge in [0.05, 0.1) is 16.8 Å². The van der Waals surface area contributed by atoms with Crippen LogP contribution in [-0.2, 0) is 9.84 Å². The first-order valence-corrected chi connectivity index (χ1v) is 14.2. The second kappa shape index (κ2) is 7.84. The van der Waals surface area contributed by atoms with Crippen LogP contribution in [0.4, 0.5) is 0 Å². The number of rotatable bonds is 4. The van der Waals surface area contributed by atoms with Crippen molar-refractivity contribution in [1.82, 2.24) is 0 Å². The summed E-state index contributed by atoms with van der Waals surface area (Å²) in [6.45, 7) is 7.05. The molecule has 0 unspecified atom stereocenters. The number of aliphatic hydroxyl groups is 1. The summed E-state index contributed by atoms with van der Waals surface area (Å²) in [6.07, 6.45) is 12.1. The Labute approximate surface area is 193 Å². The smallest absolute Gasteiger partial charge is 0.178 e. The van der Waals surface area contributed by atoms with Crippen LogP contribution in [0.25, 0.3) is 0 Å². The summed E-state index contributed by atoms with van der Waals surface area (Å²) in [5.74, 6) is 2.00. The maximum Gasteiger partial charge on any atom is 0.178 e. The van der Waals surface area contributed by atoms with Crippen LogP contribution in [0.2, 0.25) is 0 Å². The molecular formula is C28H38O3S. The molecule has 4 aliphatic rings. The van der Waals surface area contributed by atoms with E-state index in [1.807, 2.05) is 18.2 Å². The third-order valence-electron chi connectivity index (χ3n) is 9.89. The highest BCUT2D eigenvalue weighted by molar-refractivity contribution is 7.91. The van der Waals surface area contributed by atoms with Crippen molar-refractivity contribution in [3.8, 4) is 0 Å². The molecule has 174 valence electrons. The van der Waals surface area contributed by atoms with Crippen molar-refractivity contribution in [1.29, 1.82) is 0 Å². The van der Waals surface area contributed by atoms with E-state index >= 15 is 0 Å². The van der Waals surface area contributed by atoms with E-state index in [1.165, 1.54) is 24.8 Å². The minimum absolute atomic E-state index is 0.155. The molecule has 1 N–H and O–H groups in total. The normalized spacial score (nSPS) is 39.9. The van der Waals surface area contributed by atoms with Crippen LogP contribution in [0.1, 0.15) is 65.7 Å². The Bertz CT molecular complexity index is 1040. The summed E-state index contributed by atoms with van der Waals surface area (Å²) in [4.78, 5) is 0.454. The molecule has 0 heterocycles. The van der Waals surface area contributed by atoms with Crippen molar-refractivity contribution >= 4 is 9.84 Å². The molecule has 1 aromatic rings. The predicted octanol–water partition coefficient (Wildman–Crippen LogP) is 5.96. The molecule has 7 atom stereocenters. The van der Waals surface area contributed by atoms with Crippen molar-refractivity contribution in [3.63, 3.8) is 0 Å². The van der Waals surface area contributed by atoms with E-state index in [0.29, 0.717) is 22.6 Å². The maximum absolute atomic E-state index is 13.1. The summed E-state index contributed by atoms with van der Waals surface area (Å²) >= 11 is 0. The van der Waals surface area contributed by atoms with Gasteiger partial charge in [-0.15, -0.1) is 0 Å². The fraction of sp³-hybridized carbons (Fsp3) is 0.643. The fourth-order valence-corrected chi connectivity index (χ4v) is 9.83. The summed E-state index contributed by atoms with van der Waals surface area (Å²) in [7, 11) is -3.26. The zero-order chi connectivity index (χ0) is 22.7. The molecule has 5 rings (SSSR count).